The minimum Gasteiger partial charge on any atom is -0.496 e. The summed E-state index contributed by atoms with van der Waals surface area (Å²) < 4.78 is 29.3. The first-order valence-corrected chi connectivity index (χ1v) is 8.70. The fourth-order valence-corrected chi connectivity index (χ4v) is 3.25. The molecule has 21 heavy (non-hydrogen) atoms. The molecule has 0 saturated heterocycles. The highest BCUT2D eigenvalue weighted by molar-refractivity contribution is 9.10. The normalized spacial score (nSPS) is 11.2. The van der Waals surface area contributed by atoms with Crippen LogP contribution >= 0.6 is 15.9 Å². The lowest BCUT2D eigenvalue weighted by Gasteiger charge is -2.13. The minimum atomic E-state index is -3.36. The van der Waals surface area contributed by atoms with Crippen LogP contribution in [0.5, 0.6) is 5.75 Å². The third-order valence-electron chi connectivity index (χ3n) is 2.90. The van der Waals surface area contributed by atoms with E-state index >= 15 is 0 Å². The number of nitrogens with one attached hydrogen (secondary N) is 1. The molecule has 2 aromatic carbocycles. The van der Waals surface area contributed by atoms with Gasteiger partial charge in [0.05, 0.1) is 27.9 Å². The molecule has 0 spiro atoms. The lowest BCUT2D eigenvalue weighted by Crippen LogP contribution is -2.05. The number of sulfone groups is 1. The van der Waals surface area contributed by atoms with E-state index in [4.69, 9.17) is 10.5 Å². The second-order valence-corrected chi connectivity index (χ2v) is 7.30. The van der Waals surface area contributed by atoms with Crippen LogP contribution in [-0.4, -0.2) is 21.8 Å². The molecule has 2 rings (SSSR count). The van der Waals surface area contributed by atoms with Crippen molar-refractivity contribution in [1.29, 1.82) is 0 Å². The number of rotatable bonds is 4. The third-order valence-corrected chi connectivity index (χ3v) is 4.67. The van der Waals surface area contributed by atoms with E-state index in [0.717, 1.165) is 16.4 Å². The molecular formula is C14H15BrN2O3S. The van der Waals surface area contributed by atoms with Gasteiger partial charge in [0.15, 0.2) is 9.84 Å². The maximum atomic E-state index is 11.7. The molecule has 0 saturated carbocycles. The average Bonchev–Trinajstić information content (AvgIpc) is 2.40. The van der Waals surface area contributed by atoms with E-state index in [1.54, 1.807) is 25.3 Å². The maximum Gasteiger partial charge on any atom is 0.177 e. The number of nitrogens with two attached hydrogens (primary N) is 1. The largest absolute Gasteiger partial charge is 0.496 e. The number of halogens is 1. The zero-order valence-electron chi connectivity index (χ0n) is 11.6. The summed E-state index contributed by atoms with van der Waals surface area (Å²) in [4.78, 5) is 0.111. The van der Waals surface area contributed by atoms with Gasteiger partial charge < -0.3 is 15.8 Å². The van der Waals surface area contributed by atoms with E-state index in [0.29, 0.717) is 11.4 Å². The van der Waals surface area contributed by atoms with E-state index in [2.05, 4.69) is 21.2 Å². The molecule has 7 heteroatoms. The first-order chi connectivity index (χ1) is 9.82. The molecule has 0 aliphatic carbocycles. The molecular weight excluding hydrogens is 356 g/mol. The van der Waals surface area contributed by atoms with Gasteiger partial charge in [-0.25, -0.2) is 8.42 Å². The Morgan fingerprint density at radius 1 is 1.24 bits per heavy atom. The van der Waals surface area contributed by atoms with Gasteiger partial charge in [-0.2, -0.15) is 0 Å². The van der Waals surface area contributed by atoms with Crippen LogP contribution in [0.4, 0.5) is 17.1 Å². The van der Waals surface area contributed by atoms with E-state index < -0.39 is 9.84 Å². The van der Waals surface area contributed by atoms with Crippen molar-refractivity contribution >= 4 is 42.8 Å². The van der Waals surface area contributed by atoms with Crippen molar-refractivity contribution in [2.24, 2.45) is 0 Å². The highest BCUT2D eigenvalue weighted by Gasteiger charge is 2.14. The highest BCUT2D eigenvalue weighted by atomic mass is 79.9. The van der Waals surface area contributed by atoms with Gasteiger partial charge >= 0.3 is 0 Å². The molecule has 0 unspecified atom stereocenters. The Kier molecular flexibility index (Phi) is 4.43. The number of anilines is 3. The number of nitrogen functional groups attached to an aromatic ring is 1. The number of methoxy groups -OCH3 is 1. The fourth-order valence-electron chi connectivity index (χ4n) is 1.88. The Labute approximate surface area is 132 Å². The fraction of sp³-hybridized carbons (Fsp3) is 0.143. The van der Waals surface area contributed by atoms with Gasteiger partial charge in [-0.05, 0) is 46.3 Å². The summed E-state index contributed by atoms with van der Waals surface area (Å²) in [6, 6.07) is 10.3. The van der Waals surface area contributed by atoms with E-state index in [-0.39, 0.29) is 10.6 Å². The monoisotopic (exact) mass is 370 g/mol. The number of para-hydroxylation sites is 1. The molecule has 112 valence electrons. The molecule has 0 bridgehead atoms. The lowest BCUT2D eigenvalue weighted by molar-refractivity contribution is 0.412. The van der Waals surface area contributed by atoms with Gasteiger partial charge in [-0.3, -0.25) is 0 Å². The minimum absolute atomic E-state index is 0.111. The molecule has 5 nitrogen and oxygen atoms in total. The Morgan fingerprint density at radius 2 is 1.95 bits per heavy atom. The van der Waals surface area contributed by atoms with Crippen molar-refractivity contribution in [3.05, 3.63) is 40.9 Å². The van der Waals surface area contributed by atoms with Crippen LogP contribution in [0.15, 0.2) is 45.8 Å². The summed E-state index contributed by atoms with van der Waals surface area (Å²) in [7, 11) is -1.78. The van der Waals surface area contributed by atoms with Crippen molar-refractivity contribution in [1.82, 2.24) is 0 Å². The third kappa shape index (κ3) is 3.48. The molecule has 3 N–H and O–H groups in total. The van der Waals surface area contributed by atoms with Crippen molar-refractivity contribution in [2.75, 3.05) is 24.4 Å². The second kappa shape index (κ2) is 5.95. The molecule has 0 amide bonds. The van der Waals surface area contributed by atoms with Crippen LogP contribution in [0, 0.1) is 0 Å². The number of hydrogen-bond donors (Lipinski definition) is 2. The SMILES string of the molecule is COc1ccc(Nc2cccc(S(C)(=O)=O)c2N)cc1Br. The van der Waals surface area contributed by atoms with Gasteiger partial charge in [0.1, 0.15) is 5.75 Å². The lowest BCUT2D eigenvalue weighted by atomic mass is 10.2. The molecule has 0 aliphatic rings. The van der Waals surface area contributed by atoms with Crippen LogP contribution in [0.1, 0.15) is 0 Å². The Bertz CT molecular complexity index is 776. The molecule has 0 radical (unpaired) electrons. The first kappa shape index (κ1) is 15.7. The maximum absolute atomic E-state index is 11.7. The predicted molar refractivity (Wildman–Crippen MR) is 87.9 cm³/mol. The Balaban J connectivity index is 2.39. The van der Waals surface area contributed by atoms with Crippen LogP contribution in [0.25, 0.3) is 0 Å². The van der Waals surface area contributed by atoms with Gasteiger partial charge in [0.25, 0.3) is 0 Å². The molecule has 0 fully saturated rings. The quantitative estimate of drug-likeness (QED) is 0.807. The highest BCUT2D eigenvalue weighted by Crippen LogP contribution is 2.32. The van der Waals surface area contributed by atoms with Crippen LogP contribution < -0.4 is 15.8 Å². The predicted octanol–water partition coefficient (Wildman–Crippen LogP) is 3.19. The zero-order chi connectivity index (χ0) is 15.6. The van der Waals surface area contributed by atoms with E-state index in [1.165, 1.54) is 6.07 Å². The second-order valence-electron chi connectivity index (χ2n) is 4.46. The van der Waals surface area contributed by atoms with Crippen molar-refractivity contribution in [3.8, 4) is 5.75 Å². The Hall–Kier alpha value is -1.73. The van der Waals surface area contributed by atoms with E-state index in [1.807, 2.05) is 12.1 Å². The summed E-state index contributed by atoms with van der Waals surface area (Å²) in [6.45, 7) is 0. The molecule has 0 aromatic heterocycles. The van der Waals surface area contributed by atoms with Crippen molar-refractivity contribution in [2.45, 2.75) is 4.90 Å². The summed E-state index contributed by atoms with van der Waals surface area (Å²) in [5.74, 6) is 0.707. The number of benzene rings is 2. The van der Waals surface area contributed by atoms with Gasteiger partial charge in [0.2, 0.25) is 0 Å². The number of ether oxygens (including phenoxy) is 1. The van der Waals surface area contributed by atoms with Crippen molar-refractivity contribution < 1.29 is 13.2 Å². The van der Waals surface area contributed by atoms with Crippen molar-refractivity contribution in [3.63, 3.8) is 0 Å². The summed E-state index contributed by atoms with van der Waals surface area (Å²) in [6.07, 6.45) is 1.13. The van der Waals surface area contributed by atoms with Crippen LogP contribution in [-0.2, 0) is 9.84 Å². The summed E-state index contributed by atoms with van der Waals surface area (Å²) >= 11 is 3.39. The smallest absolute Gasteiger partial charge is 0.177 e. The molecule has 0 heterocycles. The molecule has 0 aliphatic heterocycles. The van der Waals surface area contributed by atoms with Crippen LogP contribution in [0.3, 0.4) is 0 Å². The average molecular weight is 371 g/mol. The summed E-state index contributed by atoms with van der Waals surface area (Å²) in [5, 5.41) is 3.10. The van der Waals surface area contributed by atoms with Gasteiger partial charge in [-0.1, -0.05) is 6.07 Å². The van der Waals surface area contributed by atoms with Crippen LogP contribution in [0.2, 0.25) is 0 Å². The first-order valence-electron chi connectivity index (χ1n) is 6.02. The van der Waals surface area contributed by atoms with Gasteiger partial charge in [-0.15, -0.1) is 0 Å². The van der Waals surface area contributed by atoms with Gasteiger partial charge in [0, 0.05) is 11.9 Å². The Morgan fingerprint density at radius 3 is 2.52 bits per heavy atom. The zero-order valence-corrected chi connectivity index (χ0v) is 14.0. The van der Waals surface area contributed by atoms with E-state index in [9.17, 15) is 8.42 Å². The molecule has 0 atom stereocenters. The molecule has 2 aromatic rings. The summed E-state index contributed by atoms with van der Waals surface area (Å²) in [5.41, 5.74) is 7.44. The topological polar surface area (TPSA) is 81.4 Å². The number of hydrogen-bond acceptors (Lipinski definition) is 5. The standard InChI is InChI=1S/C14H15BrN2O3S/c1-20-12-7-6-9(8-10(12)15)17-11-4-3-5-13(14(11)16)21(2,18)19/h3-8,17H,16H2,1-2H3.